The van der Waals surface area contributed by atoms with Crippen molar-refractivity contribution < 1.29 is 21.9 Å². The molecule has 0 fully saturated rings. The lowest BCUT2D eigenvalue weighted by Crippen LogP contribution is -2.18. The molecule has 0 saturated carbocycles. The van der Waals surface area contributed by atoms with E-state index in [1.165, 1.54) is 31.4 Å². The average molecular weight is 459 g/mol. The SMILES string of the molecule is COc1cc(S(=O)(=O)C(c2cc(F)ccc2F)c2cc(N)ncc2Cl)ccc1Cl. The molecule has 3 rings (SSSR count). The van der Waals surface area contributed by atoms with Crippen LogP contribution < -0.4 is 10.5 Å². The van der Waals surface area contributed by atoms with Gasteiger partial charge in [-0.1, -0.05) is 23.2 Å². The second kappa shape index (κ2) is 8.14. The molecular weight excluding hydrogens is 445 g/mol. The zero-order valence-corrected chi connectivity index (χ0v) is 17.2. The fraction of sp³-hybridized carbons (Fsp3) is 0.105. The van der Waals surface area contributed by atoms with Crippen molar-refractivity contribution in [2.24, 2.45) is 0 Å². The zero-order valence-electron chi connectivity index (χ0n) is 14.9. The van der Waals surface area contributed by atoms with Crippen molar-refractivity contribution in [3.63, 3.8) is 0 Å². The van der Waals surface area contributed by atoms with Crippen LogP contribution in [0.25, 0.3) is 0 Å². The Morgan fingerprint density at radius 3 is 2.45 bits per heavy atom. The summed E-state index contributed by atoms with van der Waals surface area (Å²) in [5.41, 5.74) is 5.22. The fourth-order valence-electron chi connectivity index (χ4n) is 2.84. The molecule has 0 saturated heterocycles. The van der Waals surface area contributed by atoms with E-state index in [1.807, 2.05) is 0 Å². The summed E-state index contributed by atoms with van der Waals surface area (Å²) in [6, 6.07) is 7.50. The van der Waals surface area contributed by atoms with E-state index in [9.17, 15) is 17.2 Å². The number of methoxy groups -OCH3 is 1. The van der Waals surface area contributed by atoms with Gasteiger partial charge in [0.05, 0.1) is 22.1 Å². The fourth-order valence-corrected chi connectivity index (χ4v) is 5.16. The summed E-state index contributed by atoms with van der Waals surface area (Å²) in [5.74, 6) is -1.66. The number of hydrogen-bond donors (Lipinski definition) is 1. The van der Waals surface area contributed by atoms with Crippen LogP contribution in [0.3, 0.4) is 0 Å². The number of halogens is 4. The number of benzene rings is 2. The van der Waals surface area contributed by atoms with E-state index >= 15 is 0 Å². The van der Waals surface area contributed by atoms with Gasteiger partial charge in [0.2, 0.25) is 0 Å². The van der Waals surface area contributed by atoms with Crippen LogP contribution in [0, 0.1) is 11.6 Å². The minimum absolute atomic E-state index is 0.0323. The molecule has 29 heavy (non-hydrogen) atoms. The first-order valence-corrected chi connectivity index (χ1v) is 10.4. The van der Waals surface area contributed by atoms with Gasteiger partial charge >= 0.3 is 0 Å². The first-order chi connectivity index (χ1) is 13.6. The number of nitrogen functional groups attached to an aromatic ring is 1. The van der Waals surface area contributed by atoms with Gasteiger partial charge in [-0.2, -0.15) is 0 Å². The van der Waals surface area contributed by atoms with Gasteiger partial charge in [-0.05, 0) is 42.0 Å². The number of pyridine rings is 1. The number of hydrogen-bond acceptors (Lipinski definition) is 5. The standard InChI is InChI=1S/C19H14Cl2F2N2O3S/c1-28-17-7-11(3-4-14(17)20)29(26,27)19(12-8-18(24)25-9-15(12)21)13-6-10(22)2-5-16(13)23/h2-9,19H,1H3,(H2,24,25). The van der Waals surface area contributed by atoms with E-state index in [2.05, 4.69) is 4.98 Å². The lowest BCUT2D eigenvalue weighted by atomic mass is 10.0. The van der Waals surface area contributed by atoms with Gasteiger partial charge in [0, 0.05) is 17.8 Å². The highest BCUT2D eigenvalue weighted by atomic mass is 35.5. The highest BCUT2D eigenvalue weighted by molar-refractivity contribution is 7.92. The summed E-state index contributed by atoms with van der Waals surface area (Å²) in [6.07, 6.45) is 1.15. The lowest BCUT2D eigenvalue weighted by molar-refractivity contribution is 0.413. The molecule has 0 radical (unpaired) electrons. The highest BCUT2D eigenvalue weighted by Crippen LogP contribution is 2.41. The molecule has 152 valence electrons. The van der Waals surface area contributed by atoms with Gasteiger partial charge in [0.15, 0.2) is 9.84 Å². The Morgan fingerprint density at radius 1 is 1.03 bits per heavy atom. The van der Waals surface area contributed by atoms with Crippen LogP contribution in [0.2, 0.25) is 10.0 Å². The van der Waals surface area contributed by atoms with Crippen molar-refractivity contribution in [2.45, 2.75) is 10.1 Å². The molecule has 0 aliphatic heterocycles. The Kier molecular flexibility index (Phi) is 5.97. The predicted molar refractivity (Wildman–Crippen MR) is 107 cm³/mol. The zero-order chi connectivity index (χ0) is 21.3. The van der Waals surface area contributed by atoms with Crippen LogP contribution in [0.5, 0.6) is 5.75 Å². The van der Waals surface area contributed by atoms with Gasteiger partial charge in [-0.25, -0.2) is 22.2 Å². The lowest BCUT2D eigenvalue weighted by Gasteiger charge is -2.21. The number of rotatable bonds is 5. The van der Waals surface area contributed by atoms with Crippen molar-refractivity contribution in [3.05, 3.63) is 81.5 Å². The molecule has 1 atom stereocenters. The van der Waals surface area contributed by atoms with Crippen molar-refractivity contribution in [3.8, 4) is 5.75 Å². The molecule has 0 aliphatic rings. The minimum Gasteiger partial charge on any atom is -0.495 e. The smallest absolute Gasteiger partial charge is 0.189 e. The van der Waals surface area contributed by atoms with Gasteiger partial charge in [0.25, 0.3) is 0 Å². The quantitative estimate of drug-likeness (QED) is 0.592. The molecule has 0 bridgehead atoms. The third-order valence-electron chi connectivity index (χ3n) is 4.19. The number of nitrogens with zero attached hydrogens (tertiary/aromatic N) is 1. The summed E-state index contributed by atoms with van der Waals surface area (Å²) in [6.45, 7) is 0. The topological polar surface area (TPSA) is 82.3 Å². The van der Waals surface area contributed by atoms with Crippen LogP contribution in [0.4, 0.5) is 14.6 Å². The predicted octanol–water partition coefficient (Wildman–Crippen LogP) is 4.82. The van der Waals surface area contributed by atoms with Crippen LogP contribution in [0.15, 0.2) is 53.6 Å². The normalized spacial score (nSPS) is 12.6. The second-order valence-corrected chi connectivity index (χ2v) is 8.87. The summed E-state index contributed by atoms with van der Waals surface area (Å²) >= 11 is 12.1. The van der Waals surface area contributed by atoms with Crippen molar-refractivity contribution in [1.82, 2.24) is 4.98 Å². The minimum atomic E-state index is -4.35. The molecular formula is C19H14Cl2F2N2O3S. The van der Waals surface area contributed by atoms with Crippen LogP contribution >= 0.6 is 23.2 Å². The first-order valence-electron chi connectivity index (χ1n) is 8.08. The monoisotopic (exact) mass is 458 g/mol. The van der Waals surface area contributed by atoms with E-state index in [1.54, 1.807) is 0 Å². The molecule has 2 aromatic carbocycles. The molecule has 0 amide bonds. The van der Waals surface area contributed by atoms with Crippen molar-refractivity contribution in [1.29, 1.82) is 0 Å². The number of anilines is 1. The maximum absolute atomic E-state index is 14.6. The molecule has 1 heterocycles. The maximum atomic E-state index is 14.6. The Hall–Kier alpha value is -2.42. The van der Waals surface area contributed by atoms with Crippen LogP contribution in [-0.2, 0) is 9.84 Å². The van der Waals surface area contributed by atoms with Gasteiger partial charge in [-0.3, -0.25) is 0 Å². The molecule has 10 heteroatoms. The number of nitrogens with two attached hydrogens (primary N) is 1. The van der Waals surface area contributed by atoms with Gasteiger partial charge in [-0.15, -0.1) is 0 Å². The van der Waals surface area contributed by atoms with E-state index in [4.69, 9.17) is 33.7 Å². The summed E-state index contributed by atoms with van der Waals surface area (Å²) in [4.78, 5) is 3.57. The van der Waals surface area contributed by atoms with Crippen LogP contribution in [0.1, 0.15) is 16.4 Å². The number of ether oxygens (including phenoxy) is 1. The largest absolute Gasteiger partial charge is 0.495 e. The Balaban J connectivity index is 2.33. The van der Waals surface area contributed by atoms with Gasteiger partial charge in [0.1, 0.15) is 28.5 Å². The molecule has 1 aromatic heterocycles. The molecule has 0 spiro atoms. The van der Waals surface area contributed by atoms with E-state index in [-0.39, 0.29) is 32.1 Å². The molecule has 5 nitrogen and oxygen atoms in total. The summed E-state index contributed by atoms with van der Waals surface area (Å²) < 4.78 is 60.7. The van der Waals surface area contributed by atoms with Gasteiger partial charge < -0.3 is 10.5 Å². The second-order valence-electron chi connectivity index (χ2n) is 6.02. The highest BCUT2D eigenvalue weighted by Gasteiger charge is 2.35. The third-order valence-corrected chi connectivity index (χ3v) is 6.86. The van der Waals surface area contributed by atoms with Crippen LogP contribution in [-0.4, -0.2) is 20.5 Å². The Labute approximate surface area is 176 Å². The number of sulfone groups is 1. The Morgan fingerprint density at radius 2 is 1.76 bits per heavy atom. The van der Waals surface area contributed by atoms with E-state index in [0.717, 1.165) is 24.4 Å². The van der Waals surface area contributed by atoms with E-state index < -0.39 is 32.3 Å². The molecule has 0 aliphatic carbocycles. The summed E-state index contributed by atoms with van der Waals surface area (Å²) in [5, 5.41) is -1.58. The molecule has 1 unspecified atom stereocenters. The van der Waals surface area contributed by atoms with E-state index in [0.29, 0.717) is 0 Å². The average Bonchev–Trinajstić information content (AvgIpc) is 2.67. The van der Waals surface area contributed by atoms with Crippen molar-refractivity contribution in [2.75, 3.05) is 12.8 Å². The van der Waals surface area contributed by atoms with Crippen molar-refractivity contribution >= 4 is 38.9 Å². The maximum Gasteiger partial charge on any atom is 0.189 e. The first kappa shape index (κ1) is 21.3. The number of aromatic nitrogens is 1. The Bertz CT molecular complexity index is 1140. The molecule has 2 N–H and O–H groups in total. The summed E-state index contributed by atoms with van der Waals surface area (Å²) in [7, 11) is -3.03. The third kappa shape index (κ3) is 4.14. The molecule has 3 aromatic rings.